The number of methoxy groups -OCH3 is 1. The van der Waals surface area contributed by atoms with Crippen LogP contribution in [0.1, 0.15) is 5.56 Å². The summed E-state index contributed by atoms with van der Waals surface area (Å²) in [5, 5.41) is 11.2. The molecule has 184 valence electrons. The lowest BCUT2D eigenvalue weighted by Crippen LogP contribution is -2.21. The second-order valence-corrected chi connectivity index (χ2v) is 9.06. The minimum absolute atomic E-state index is 0.0789. The van der Waals surface area contributed by atoms with Gasteiger partial charge in [-0.1, -0.05) is 29.4 Å². The highest BCUT2D eigenvalue weighted by Crippen LogP contribution is 2.23. The molecule has 0 atom stereocenters. The normalized spacial score (nSPS) is 10.6. The monoisotopic (exact) mass is 522 g/mol. The predicted octanol–water partition coefficient (Wildman–Crippen LogP) is 4.68. The minimum Gasteiger partial charge on any atom is -0.497 e. The fourth-order valence-corrected chi connectivity index (χ4v) is 4.13. The number of aromatic nitrogens is 4. The van der Waals surface area contributed by atoms with Crippen LogP contribution in [0.25, 0.3) is 11.4 Å². The van der Waals surface area contributed by atoms with Crippen LogP contribution in [0.5, 0.6) is 5.75 Å². The lowest BCUT2D eigenvalue weighted by atomic mass is 10.2. The first-order valence-corrected chi connectivity index (χ1v) is 12.3. The number of ether oxygens (including phenoxy) is 1. The lowest BCUT2D eigenvalue weighted by molar-refractivity contribution is -0.117. The van der Waals surface area contributed by atoms with Gasteiger partial charge >= 0.3 is 0 Å². The molecule has 9 nitrogen and oxygen atoms in total. The molecule has 0 saturated carbocycles. The molecule has 0 aliphatic rings. The highest BCUT2D eigenvalue weighted by molar-refractivity contribution is 7.99. The van der Waals surface area contributed by atoms with Gasteiger partial charge in [0.15, 0.2) is 11.0 Å². The molecular formula is C25H23ClN6O3S. The molecule has 4 aromatic rings. The second kappa shape index (κ2) is 11.7. The molecule has 0 fully saturated rings. The van der Waals surface area contributed by atoms with Crippen molar-refractivity contribution in [2.24, 2.45) is 0 Å². The number of anilines is 2. The summed E-state index contributed by atoms with van der Waals surface area (Å²) in [6.45, 7) is 1.79. The fraction of sp³-hybridized carbons (Fsp3) is 0.160. The number of amides is 2. The first-order chi connectivity index (χ1) is 17.4. The number of pyridine rings is 1. The van der Waals surface area contributed by atoms with Crippen LogP contribution in [0.4, 0.5) is 11.4 Å². The Hall–Kier alpha value is -3.89. The molecule has 2 heterocycles. The molecule has 0 radical (unpaired) electrons. The predicted molar refractivity (Wildman–Crippen MR) is 140 cm³/mol. The Balaban J connectivity index is 1.48. The van der Waals surface area contributed by atoms with Crippen molar-refractivity contribution in [3.8, 4) is 17.1 Å². The van der Waals surface area contributed by atoms with E-state index in [0.29, 0.717) is 33.1 Å². The Bertz CT molecular complexity index is 1360. The van der Waals surface area contributed by atoms with Gasteiger partial charge in [0.05, 0.1) is 12.9 Å². The van der Waals surface area contributed by atoms with Crippen LogP contribution >= 0.6 is 23.4 Å². The van der Waals surface area contributed by atoms with E-state index in [1.165, 1.54) is 16.4 Å². The molecule has 2 aromatic carbocycles. The largest absolute Gasteiger partial charge is 0.497 e. The average Bonchev–Trinajstić information content (AvgIpc) is 3.28. The Morgan fingerprint density at radius 1 is 1.03 bits per heavy atom. The van der Waals surface area contributed by atoms with E-state index in [2.05, 4.69) is 25.7 Å². The number of thioether (sulfide) groups is 1. The van der Waals surface area contributed by atoms with Gasteiger partial charge in [-0.15, -0.1) is 5.10 Å². The van der Waals surface area contributed by atoms with Gasteiger partial charge in [0.2, 0.25) is 11.8 Å². The van der Waals surface area contributed by atoms with E-state index in [-0.39, 0.29) is 24.1 Å². The molecule has 0 unspecified atom stereocenters. The molecule has 11 heteroatoms. The van der Waals surface area contributed by atoms with E-state index in [9.17, 15) is 9.59 Å². The Morgan fingerprint density at radius 2 is 1.78 bits per heavy atom. The van der Waals surface area contributed by atoms with Crippen LogP contribution in [-0.2, 0) is 16.1 Å². The zero-order chi connectivity index (χ0) is 25.5. The van der Waals surface area contributed by atoms with Gasteiger partial charge in [-0.2, -0.15) is 0 Å². The first-order valence-electron chi connectivity index (χ1n) is 10.9. The minimum atomic E-state index is -0.295. The summed E-state index contributed by atoms with van der Waals surface area (Å²) in [6.07, 6.45) is 3.28. The number of carbonyl (C=O) groups excluding carboxylic acids is 2. The highest BCUT2D eigenvalue weighted by atomic mass is 35.5. The Kier molecular flexibility index (Phi) is 8.19. The Labute approximate surface area is 217 Å². The Morgan fingerprint density at radius 3 is 2.50 bits per heavy atom. The summed E-state index contributed by atoms with van der Waals surface area (Å²) in [5.74, 6) is 0.697. The van der Waals surface area contributed by atoms with E-state index in [1.807, 2.05) is 13.0 Å². The zero-order valence-electron chi connectivity index (χ0n) is 19.6. The van der Waals surface area contributed by atoms with Crippen LogP contribution in [0.2, 0.25) is 5.02 Å². The SMILES string of the molecule is COc1ccc(NC(=O)CSc2nc(-c3ccncc3)nn2CC(=O)Nc2cc(Cl)ccc2C)cc1. The van der Waals surface area contributed by atoms with E-state index in [0.717, 1.165) is 11.1 Å². The quantitative estimate of drug-likeness (QED) is 0.307. The zero-order valence-corrected chi connectivity index (χ0v) is 21.1. The summed E-state index contributed by atoms with van der Waals surface area (Å²) in [7, 11) is 1.58. The van der Waals surface area contributed by atoms with Crippen LogP contribution in [-0.4, -0.2) is 44.4 Å². The number of aryl methyl sites for hydroxylation is 1. The molecule has 2 N–H and O–H groups in total. The van der Waals surface area contributed by atoms with Gasteiger partial charge in [-0.05, 0) is 61.0 Å². The van der Waals surface area contributed by atoms with Gasteiger partial charge in [0.25, 0.3) is 0 Å². The maximum absolute atomic E-state index is 12.8. The van der Waals surface area contributed by atoms with Gasteiger partial charge < -0.3 is 15.4 Å². The molecule has 0 aliphatic carbocycles. The molecule has 0 spiro atoms. The summed E-state index contributed by atoms with van der Waals surface area (Å²) in [6, 6.07) is 15.9. The molecular weight excluding hydrogens is 500 g/mol. The van der Waals surface area contributed by atoms with Crippen molar-refractivity contribution < 1.29 is 14.3 Å². The van der Waals surface area contributed by atoms with Crippen molar-refractivity contribution in [2.45, 2.75) is 18.6 Å². The lowest BCUT2D eigenvalue weighted by Gasteiger charge is -2.10. The van der Waals surface area contributed by atoms with Crippen molar-refractivity contribution in [3.05, 3.63) is 77.6 Å². The maximum Gasteiger partial charge on any atom is 0.246 e. The third-order valence-electron chi connectivity index (χ3n) is 5.05. The molecule has 2 aromatic heterocycles. The third kappa shape index (κ3) is 6.61. The van der Waals surface area contributed by atoms with E-state index in [1.54, 1.807) is 68.0 Å². The molecule has 0 aliphatic heterocycles. The number of nitrogens with zero attached hydrogens (tertiary/aromatic N) is 4. The van der Waals surface area contributed by atoms with Gasteiger partial charge in [-0.25, -0.2) is 9.67 Å². The van der Waals surface area contributed by atoms with E-state index >= 15 is 0 Å². The van der Waals surface area contributed by atoms with Crippen molar-refractivity contribution in [1.29, 1.82) is 0 Å². The number of hydrogen-bond donors (Lipinski definition) is 2. The van der Waals surface area contributed by atoms with Crippen LogP contribution in [0.3, 0.4) is 0 Å². The van der Waals surface area contributed by atoms with Gasteiger partial charge in [0.1, 0.15) is 12.3 Å². The second-order valence-electron chi connectivity index (χ2n) is 7.68. The van der Waals surface area contributed by atoms with Crippen LogP contribution < -0.4 is 15.4 Å². The van der Waals surface area contributed by atoms with Crippen molar-refractivity contribution in [1.82, 2.24) is 19.7 Å². The van der Waals surface area contributed by atoms with Gasteiger partial charge in [-0.3, -0.25) is 14.6 Å². The average molecular weight is 523 g/mol. The molecule has 36 heavy (non-hydrogen) atoms. The van der Waals surface area contributed by atoms with Crippen molar-refractivity contribution >= 4 is 46.6 Å². The smallest absolute Gasteiger partial charge is 0.246 e. The topological polar surface area (TPSA) is 111 Å². The number of nitrogens with one attached hydrogen (secondary N) is 2. The number of carbonyl (C=O) groups is 2. The highest BCUT2D eigenvalue weighted by Gasteiger charge is 2.17. The van der Waals surface area contributed by atoms with E-state index < -0.39 is 0 Å². The standard InChI is InChI=1S/C25H23ClN6O3S/c1-16-3-4-18(26)13-21(16)29-22(33)14-32-25(30-24(31-32)17-9-11-27-12-10-17)36-15-23(34)28-19-5-7-20(35-2)8-6-19/h3-13H,14-15H2,1-2H3,(H,28,34)(H,29,33). The van der Waals surface area contributed by atoms with Crippen LogP contribution in [0, 0.1) is 6.92 Å². The summed E-state index contributed by atoms with van der Waals surface area (Å²) >= 11 is 7.26. The third-order valence-corrected chi connectivity index (χ3v) is 6.25. The fourth-order valence-electron chi connectivity index (χ4n) is 3.22. The number of hydrogen-bond acceptors (Lipinski definition) is 7. The molecule has 2 amide bonds. The van der Waals surface area contributed by atoms with Crippen molar-refractivity contribution in [3.63, 3.8) is 0 Å². The molecule has 0 bridgehead atoms. The number of rotatable bonds is 9. The summed E-state index contributed by atoms with van der Waals surface area (Å²) < 4.78 is 6.62. The molecule has 0 saturated heterocycles. The molecule has 4 rings (SSSR count). The number of halogens is 1. The summed E-state index contributed by atoms with van der Waals surface area (Å²) in [5.41, 5.74) is 2.90. The number of benzene rings is 2. The van der Waals surface area contributed by atoms with Crippen molar-refractivity contribution in [2.75, 3.05) is 23.5 Å². The maximum atomic E-state index is 12.8. The summed E-state index contributed by atoms with van der Waals surface area (Å²) in [4.78, 5) is 33.9. The van der Waals surface area contributed by atoms with Gasteiger partial charge in [0, 0.05) is 34.4 Å². The first kappa shape index (κ1) is 25.2. The van der Waals surface area contributed by atoms with Crippen LogP contribution in [0.15, 0.2) is 72.1 Å². The van der Waals surface area contributed by atoms with E-state index in [4.69, 9.17) is 16.3 Å².